The summed E-state index contributed by atoms with van der Waals surface area (Å²) in [7, 11) is 1.62. The average Bonchev–Trinajstić information content (AvgIpc) is 2.52. The van der Waals surface area contributed by atoms with E-state index in [0.29, 0.717) is 6.42 Å². The van der Waals surface area contributed by atoms with E-state index in [1.165, 1.54) is 0 Å². The van der Waals surface area contributed by atoms with Gasteiger partial charge in [0.1, 0.15) is 29.5 Å². The molecule has 4 heteroatoms. The molecule has 2 aromatic rings. The number of fused-ring (bicyclic) bond motifs is 4. The van der Waals surface area contributed by atoms with Crippen LogP contribution in [-0.2, 0) is 6.42 Å². The van der Waals surface area contributed by atoms with E-state index in [1.807, 2.05) is 42.5 Å². The fraction of sp³-hybridized carbons (Fsp3) is 0.294. The molecular weight excluding hydrogens is 268 g/mol. The zero-order valence-electron chi connectivity index (χ0n) is 11.7. The first-order chi connectivity index (χ1) is 10.2. The van der Waals surface area contributed by atoms with Crippen LogP contribution < -0.4 is 14.2 Å². The van der Waals surface area contributed by atoms with Crippen LogP contribution in [0.2, 0.25) is 0 Å². The fourth-order valence-electron chi connectivity index (χ4n) is 3.10. The Morgan fingerprint density at radius 2 is 2.05 bits per heavy atom. The molecule has 0 spiro atoms. The van der Waals surface area contributed by atoms with E-state index in [0.717, 1.165) is 28.4 Å². The summed E-state index contributed by atoms with van der Waals surface area (Å²) in [6.07, 6.45) is 0.0797. The molecule has 2 aliphatic rings. The predicted molar refractivity (Wildman–Crippen MR) is 77.0 cm³/mol. The van der Waals surface area contributed by atoms with E-state index < -0.39 is 11.7 Å². The molecule has 0 fully saturated rings. The number of rotatable bonds is 1. The summed E-state index contributed by atoms with van der Waals surface area (Å²) >= 11 is 0. The zero-order chi connectivity index (χ0) is 14.4. The van der Waals surface area contributed by atoms with Crippen LogP contribution >= 0.6 is 0 Å². The van der Waals surface area contributed by atoms with Gasteiger partial charge in [0.15, 0.2) is 6.10 Å². The van der Waals surface area contributed by atoms with Crippen LogP contribution in [0, 0.1) is 0 Å². The van der Waals surface area contributed by atoms with Crippen molar-refractivity contribution in [2.75, 3.05) is 13.7 Å². The first kappa shape index (κ1) is 12.5. The van der Waals surface area contributed by atoms with Gasteiger partial charge in [-0.25, -0.2) is 0 Å². The number of hydrogen-bond acceptors (Lipinski definition) is 4. The lowest BCUT2D eigenvalue weighted by molar-refractivity contribution is -0.113. The van der Waals surface area contributed by atoms with Gasteiger partial charge in [-0.05, 0) is 29.8 Å². The van der Waals surface area contributed by atoms with Gasteiger partial charge in [0.2, 0.25) is 0 Å². The van der Waals surface area contributed by atoms with E-state index in [2.05, 4.69) is 0 Å². The van der Waals surface area contributed by atoms with Gasteiger partial charge in [0, 0.05) is 12.0 Å². The van der Waals surface area contributed by atoms with Crippen molar-refractivity contribution in [1.29, 1.82) is 0 Å². The van der Waals surface area contributed by atoms with Crippen LogP contribution in [0.15, 0.2) is 42.5 Å². The number of benzene rings is 2. The molecule has 4 nitrogen and oxygen atoms in total. The van der Waals surface area contributed by atoms with Gasteiger partial charge in [-0.15, -0.1) is 0 Å². The molecule has 0 aliphatic carbocycles. The molecule has 2 atom stereocenters. The first-order valence-corrected chi connectivity index (χ1v) is 6.97. The summed E-state index contributed by atoms with van der Waals surface area (Å²) in [5, 5.41) is 11.0. The summed E-state index contributed by atoms with van der Waals surface area (Å²) in [5.41, 5.74) is 0.789. The maximum absolute atomic E-state index is 11.0. The van der Waals surface area contributed by atoms with Crippen molar-refractivity contribution in [2.24, 2.45) is 0 Å². The molecule has 0 saturated carbocycles. The Balaban J connectivity index is 1.83. The van der Waals surface area contributed by atoms with Crippen molar-refractivity contribution in [2.45, 2.75) is 18.1 Å². The van der Waals surface area contributed by atoms with E-state index in [9.17, 15) is 5.11 Å². The average molecular weight is 284 g/mol. The second kappa shape index (κ2) is 4.40. The Morgan fingerprint density at radius 1 is 1.19 bits per heavy atom. The molecule has 4 rings (SSSR count). The molecule has 21 heavy (non-hydrogen) atoms. The molecule has 1 N–H and O–H groups in total. The minimum atomic E-state index is -1.05. The van der Waals surface area contributed by atoms with Gasteiger partial charge >= 0.3 is 0 Å². The lowest BCUT2D eigenvalue weighted by Gasteiger charge is -2.44. The standard InChI is InChI=1S/C17H16O4/c1-19-12-6-7-15-13(8-12)16-17(18,10-20-15)9-11-4-2-3-5-14(11)21-16/h2-8,16,18H,9-10H2,1H3. The van der Waals surface area contributed by atoms with Gasteiger partial charge in [0.25, 0.3) is 0 Å². The minimum absolute atomic E-state index is 0.228. The molecule has 2 unspecified atom stereocenters. The van der Waals surface area contributed by atoms with Crippen molar-refractivity contribution in [3.8, 4) is 17.2 Å². The molecule has 0 amide bonds. The molecule has 0 saturated heterocycles. The highest BCUT2D eigenvalue weighted by Crippen LogP contribution is 2.47. The third kappa shape index (κ3) is 1.87. The van der Waals surface area contributed by atoms with Crippen molar-refractivity contribution in [3.63, 3.8) is 0 Å². The van der Waals surface area contributed by atoms with Crippen molar-refractivity contribution in [1.82, 2.24) is 0 Å². The van der Waals surface area contributed by atoms with Crippen LogP contribution in [0.1, 0.15) is 17.2 Å². The quantitative estimate of drug-likeness (QED) is 0.874. The largest absolute Gasteiger partial charge is 0.497 e. The van der Waals surface area contributed by atoms with E-state index in [1.54, 1.807) is 7.11 Å². The highest BCUT2D eigenvalue weighted by atomic mass is 16.5. The van der Waals surface area contributed by atoms with Crippen molar-refractivity contribution in [3.05, 3.63) is 53.6 Å². The number of methoxy groups -OCH3 is 1. The van der Waals surface area contributed by atoms with Gasteiger partial charge < -0.3 is 19.3 Å². The van der Waals surface area contributed by atoms with Gasteiger partial charge in [-0.2, -0.15) is 0 Å². The van der Waals surface area contributed by atoms with Crippen molar-refractivity contribution < 1.29 is 19.3 Å². The highest BCUT2D eigenvalue weighted by Gasteiger charge is 2.48. The molecular formula is C17H16O4. The first-order valence-electron chi connectivity index (χ1n) is 6.97. The Morgan fingerprint density at radius 3 is 2.90 bits per heavy atom. The molecule has 0 radical (unpaired) electrons. The summed E-state index contributed by atoms with van der Waals surface area (Å²) in [4.78, 5) is 0. The van der Waals surface area contributed by atoms with Gasteiger partial charge in [-0.1, -0.05) is 18.2 Å². The van der Waals surface area contributed by atoms with Crippen LogP contribution in [0.4, 0.5) is 0 Å². The SMILES string of the molecule is COc1ccc2c(c1)C1Oc3ccccc3CC1(O)CO2. The predicted octanol–water partition coefficient (Wildman–Crippen LogP) is 2.49. The number of aliphatic hydroxyl groups is 1. The van der Waals surface area contributed by atoms with Crippen LogP contribution in [0.3, 0.4) is 0 Å². The van der Waals surface area contributed by atoms with Crippen LogP contribution in [0.5, 0.6) is 17.2 Å². The van der Waals surface area contributed by atoms with E-state index in [4.69, 9.17) is 14.2 Å². The lowest BCUT2D eigenvalue weighted by atomic mass is 9.81. The molecule has 2 aromatic carbocycles. The Hall–Kier alpha value is -2.20. The van der Waals surface area contributed by atoms with E-state index in [-0.39, 0.29) is 6.61 Å². The van der Waals surface area contributed by atoms with Gasteiger partial charge in [-0.3, -0.25) is 0 Å². The fourth-order valence-corrected chi connectivity index (χ4v) is 3.10. The maximum Gasteiger partial charge on any atom is 0.160 e. The Labute approximate surface area is 122 Å². The molecule has 2 heterocycles. The normalized spacial score (nSPS) is 25.7. The topological polar surface area (TPSA) is 47.9 Å². The minimum Gasteiger partial charge on any atom is -0.497 e. The van der Waals surface area contributed by atoms with Gasteiger partial charge in [0.05, 0.1) is 7.11 Å². The monoisotopic (exact) mass is 284 g/mol. The smallest absolute Gasteiger partial charge is 0.160 e. The second-order valence-corrected chi connectivity index (χ2v) is 5.58. The van der Waals surface area contributed by atoms with Crippen LogP contribution in [-0.4, -0.2) is 24.4 Å². The number of ether oxygens (including phenoxy) is 3. The number of para-hydroxylation sites is 1. The maximum atomic E-state index is 11.0. The molecule has 108 valence electrons. The third-order valence-electron chi connectivity index (χ3n) is 4.18. The third-order valence-corrected chi connectivity index (χ3v) is 4.18. The molecule has 2 aliphatic heterocycles. The van der Waals surface area contributed by atoms with E-state index >= 15 is 0 Å². The summed E-state index contributed by atoms with van der Waals surface area (Å²) in [5.74, 6) is 2.29. The Bertz CT molecular complexity index is 697. The lowest BCUT2D eigenvalue weighted by Crippen LogP contribution is -2.51. The summed E-state index contributed by atoms with van der Waals surface area (Å²) < 4.78 is 17.1. The summed E-state index contributed by atoms with van der Waals surface area (Å²) in [6, 6.07) is 13.4. The van der Waals surface area contributed by atoms with Crippen LogP contribution in [0.25, 0.3) is 0 Å². The summed E-state index contributed by atoms with van der Waals surface area (Å²) in [6.45, 7) is 0.228. The second-order valence-electron chi connectivity index (χ2n) is 5.58. The Kier molecular flexibility index (Phi) is 2.62. The van der Waals surface area contributed by atoms with Crippen molar-refractivity contribution >= 4 is 0 Å². The highest BCUT2D eigenvalue weighted by molar-refractivity contribution is 5.48. The molecule has 0 bridgehead atoms. The molecule has 0 aromatic heterocycles. The number of hydrogen-bond donors (Lipinski definition) is 1. The zero-order valence-corrected chi connectivity index (χ0v) is 11.7.